The van der Waals surface area contributed by atoms with Gasteiger partial charge in [0.1, 0.15) is 18.8 Å². The van der Waals surface area contributed by atoms with E-state index in [0.717, 1.165) is 37.6 Å². The highest BCUT2D eigenvalue weighted by molar-refractivity contribution is 5.21. The fraction of sp³-hybridized carbons (Fsp3) is 0.579. The highest BCUT2D eigenvalue weighted by Gasteiger charge is 2.23. The molecule has 3 rings (SSSR count). The lowest BCUT2D eigenvalue weighted by Crippen LogP contribution is -2.36. The number of nitrogens with zero attached hydrogens (tertiary/aromatic N) is 1. The number of rotatable bonds is 7. The number of likely N-dealkylation sites (tertiary alicyclic amines) is 1. The Morgan fingerprint density at radius 2 is 2.35 bits per heavy atom. The molecule has 3 aliphatic rings. The first-order valence-electron chi connectivity index (χ1n) is 8.78. The van der Waals surface area contributed by atoms with E-state index in [1.54, 1.807) is 18.8 Å². The predicted octanol–water partition coefficient (Wildman–Crippen LogP) is 3.45. The molecule has 0 spiro atoms. The van der Waals surface area contributed by atoms with Crippen LogP contribution in [-0.4, -0.2) is 37.1 Å². The minimum atomic E-state index is 0.185. The lowest BCUT2D eigenvalue weighted by atomic mass is 9.97. The molecule has 0 amide bonds. The van der Waals surface area contributed by atoms with Crippen molar-refractivity contribution in [3.63, 3.8) is 0 Å². The van der Waals surface area contributed by atoms with E-state index in [0.29, 0.717) is 0 Å². The molecular weight excluding hydrogens is 288 g/mol. The highest BCUT2D eigenvalue weighted by Crippen LogP contribution is 2.23. The monoisotopic (exact) mass is 316 g/mol. The molecule has 2 unspecified atom stereocenters. The Hall–Kier alpha value is -1.52. The summed E-state index contributed by atoms with van der Waals surface area (Å²) in [4.78, 5) is 2.48. The van der Waals surface area contributed by atoms with E-state index in [1.807, 2.05) is 0 Å². The SMILES string of the molecule is CN1CCCC1CCNC(CC1=CC=CCC1)C1=COC=CO1. The Balaban J connectivity index is 1.54. The van der Waals surface area contributed by atoms with Crippen LogP contribution in [0, 0.1) is 0 Å². The van der Waals surface area contributed by atoms with Gasteiger partial charge < -0.3 is 19.7 Å². The van der Waals surface area contributed by atoms with Crippen molar-refractivity contribution in [3.05, 3.63) is 48.3 Å². The molecule has 1 aliphatic carbocycles. The average molecular weight is 316 g/mol. The largest absolute Gasteiger partial charge is 0.466 e. The van der Waals surface area contributed by atoms with Crippen LogP contribution in [0.15, 0.2) is 48.3 Å². The van der Waals surface area contributed by atoms with Crippen molar-refractivity contribution in [2.45, 2.75) is 50.6 Å². The van der Waals surface area contributed by atoms with Gasteiger partial charge in [-0.3, -0.25) is 0 Å². The van der Waals surface area contributed by atoms with Crippen LogP contribution in [0.2, 0.25) is 0 Å². The van der Waals surface area contributed by atoms with E-state index >= 15 is 0 Å². The van der Waals surface area contributed by atoms with Crippen LogP contribution >= 0.6 is 0 Å². The Labute approximate surface area is 139 Å². The number of nitrogens with one attached hydrogen (secondary N) is 1. The normalized spacial score (nSPS) is 25.5. The van der Waals surface area contributed by atoms with E-state index in [-0.39, 0.29) is 6.04 Å². The summed E-state index contributed by atoms with van der Waals surface area (Å²) < 4.78 is 11.0. The van der Waals surface area contributed by atoms with Gasteiger partial charge in [-0.1, -0.05) is 23.8 Å². The molecule has 0 radical (unpaired) electrons. The second-order valence-electron chi connectivity index (χ2n) is 6.61. The van der Waals surface area contributed by atoms with Gasteiger partial charge in [0.15, 0.2) is 5.76 Å². The van der Waals surface area contributed by atoms with Crippen molar-refractivity contribution < 1.29 is 9.47 Å². The summed E-state index contributed by atoms with van der Waals surface area (Å²) in [5.74, 6) is 0.878. The van der Waals surface area contributed by atoms with Gasteiger partial charge in [0.25, 0.3) is 0 Å². The first kappa shape index (κ1) is 16.3. The molecule has 126 valence electrons. The molecule has 2 heterocycles. The fourth-order valence-corrected chi connectivity index (χ4v) is 3.56. The topological polar surface area (TPSA) is 33.7 Å². The van der Waals surface area contributed by atoms with Gasteiger partial charge >= 0.3 is 0 Å². The van der Waals surface area contributed by atoms with Gasteiger partial charge in [-0.25, -0.2) is 0 Å². The predicted molar refractivity (Wildman–Crippen MR) is 92.5 cm³/mol. The van der Waals surface area contributed by atoms with E-state index in [1.165, 1.54) is 31.4 Å². The summed E-state index contributed by atoms with van der Waals surface area (Å²) in [6.45, 7) is 2.24. The molecule has 0 aromatic rings. The first-order chi connectivity index (χ1) is 11.3. The van der Waals surface area contributed by atoms with Crippen molar-refractivity contribution in [2.75, 3.05) is 20.1 Å². The summed E-state index contributed by atoms with van der Waals surface area (Å²) in [7, 11) is 2.24. The van der Waals surface area contributed by atoms with Crippen LogP contribution < -0.4 is 5.32 Å². The molecule has 0 bridgehead atoms. The van der Waals surface area contributed by atoms with Gasteiger partial charge in [0.05, 0.1) is 6.04 Å². The average Bonchev–Trinajstić information content (AvgIpc) is 3.01. The third kappa shape index (κ3) is 4.72. The number of hydrogen-bond donors (Lipinski definition) is 1. The lowest BCUT2D eigenvalue weighted by molar-refractivity contribution is 0.222. The van der Waals surface area contributed by atoms with Gasteiger partial charge in [-0.05, 0) is 58.7 Å². The summed E-state index contributed by atoms with van der Waals surface area (Å²) >= 11 is 0. The minimum absolute atomic E-state index is 0.185. The molecule has 2 atom stereocenters. The molecule has 1 saturated heterocycles. The van der Waals surface area contributed by atoms with Gasteiger partial charge in [-0.15, -0.1) is 0 Å². The smallest absolute Gasteiger partial charge is 0.155 e. The zero-order valence-corrected chi connectivity index (χ0v) is 14.0. The van der Waals surface area contributed by atoms with Crippen LogP contribution in [0.1, 0.15) is 38.5 Å². The van der Waals surface area contributed by atoms with Crippen LogP contribution in [0.5, 0.6) is 0 Å². The number of ether oxygens (including phenoxy) is 2. The number of allylic oxidation sites excluding steroid dienone is 3. The second kappa shape index (κ2) is 8.37. The van der Waals surface area contributed by atoms with Gasteiger partial charge in [-0.2, -0.15) is 0 Å². The maximum Gasteiger partial charge on any atom is 0.155 e. The summed E-state index contributed by atoms with van der Waals surface area (Å²) in [5.41, 5.74) is 1.47. The standard InChI is InChI=1S/C19H28N2O2/c1-21-11-5-8-17(21)9-10-20-18(19-15-22-12-13-23-19)14-16-6-3-2-4-7-16/h2-3,6,12-13,15,17-18,20H,4-5,7-11,14H2,1H3. The van der Waals surface area contributed by atoms with Crippen LogP contribution in [-0.2, 0) is 9.47 Å². The molecule has 0 aromatic heterocycles. The van der Waals surface area contributed by atoms with Gasteiger partial charge in [0.2, 0.25) is 0 Å². The maximum absolute atomic E-state index is 5.66. The van der Waals surface area contributed by atoms with Gasteiger partial charge in [0, 0.05) is 6.04 Å². The molecule has 2 aliphatic heterocycles. The third-order valence-corrected chi connectivity index (χ3v) is 4.97. The third-order valence-electron chi connectivity index (χ3n) is 4.97. The molecule has 23 heavy (non-hydrogen) atoms. The summed E-state index contributed by atoms with van der Waals surface area (Å²) in [5, 5.41) is 3.69. The molecule has 0 saturated carbocycles. The Morgan fingerprint density at radius 1 is 1.39 bits per heavy atom. The van der Waals surface area contributed by atoms with Crippen LogP contribution in [0.25, 0.3) is 0 Å². The van der Waals surface area contributed by atoms with E-state index in [2.05, 4.69) is 35.5 Å². The molecule has 0 aromatic carbocycles. The van der Waals surface area contributed by atoms with Crippen molar-refractivity contribution in [3.8, 4) is 0 Å². The molecule has 1 fully saturated rings. The maximum atomic E-state index is 5.66. The quantitative estimate of drug-likeness (QED) is 0.780. The Kier molecular flexibility index (Phi) is 5.94. The number of hydrogen-bond acceptors (Lipinski definition) is 4. The molecule has 1 N–H and O–H groups in total. The van der Waals surface area contributed by atoms with E-state index in [4.69, 9.17) is 9.47 Å². The lowest BCUT2D eigenvalue weighted by Gasteiger charge is -2.25. The minimum Gasteiger partial charge on any atom is -0.466 e. The second-order valence-corrected chi connectivity index (χ2v) is 6.61. The van der Waals surface area contributed by atoms with Crippen LogP contribution in [0.3, 0.4) is 0 Å². The van der Waals surface area contributed by atoms with Crippen molar-refractivity contribution in [2.24, 2.45) is 0 Å². The first-order valence-corrected chi connectivity index (χ1v) is 8.78. The Morgan fingerprint density at radius 3 is 3.04 bits per heavy atom. The summed E-state index contributed by atoms with van der Waals surface area (Å²) in [6, 6.07) is 0.904. The van der Waals surface area contributed by atoms with Crippen molar-refractivity contribution in [1.29, 1.82) is 0 Å². The fourth-order valence-electron chi connectivity index (χ4n) is 3.56. The van der Waals surface area contributed by atoms with Crippen molar-refractivity contribution in [1.82, 2.24) is 10.2 Å². The van der Waals surface area contributed by atoms with Crippen molar-refractivity contribution >= 4 is 0 Å². The Bertz CT molecular complexity index is 507. The summed E-state index contributed by atoms with van der Waals surface area (Å²) in [6.07, 6.45) is 18.6. The zero-order valence-electron chi connectivity index (χ0n) is 14.0. The molecular formula is C19H28N2O2. The van der Waals surface area contributed by atoms with E-state index < -0.39 is 0 Å². The molecule has 4 nitrogen and oxygen atoms in total. The zero-order chi connectivity index (χ0) is 15.9. The van der Waals surface area contributed by atoms with Crippen LogP contribution in [0.4, 0.5) is 0 Å². The highest BCUT2D eigenvalue weighted by atomic mass is 16.5. The van der Waals surface area contributed by atoms with E-state index in [9.17, 15) is 0 Å². The molecule has 4 heteroatoms.